The van der Waals surface area contributed by atoms with Gasteiger partial charge in [0.1, 0.15) is 31.0 Å². The minimum absolute atomic E-state index is 0.299. The Hall–Kier alpha value is -3.48. The van der Waals surface area contributed by atoms with Crippen LogP contribution < -0.4 is 25.3 Å². The molecule has 138 valence electrons. The first kappa shape index (κ1) is 17.0. The first-order chi connectivity index (χ1) is 13.1. The highest BCUT2D eigenvalue weighted by atomic mass is 16.6. The molecule has 1 aliphatic rings. The second kappa shape index (κ2) is 7.03. The van der Waals surface area contributed by atoms with Crippen molar-refractivity contribution in [2.75, 3.05) is 24.3 Å². The number of nitrogen functional groups attached to an aromatic ring is 1. The molecule has 0 radical (unpaired) electrons. The van der Waals surface area contributed by atoms with Crippen molar-refractivity contribution in [2.45, 2.75) is 13.8 Å². The lowest BCUT2D eigenvalue weighted by atomic mass is 10.1. The highest BCUT2D eigenvalue weighted by Crippen LogP contribution is 2.35. The van der Waals surface area contributed by atoms with Crippen LogP contribution in [0.15, 0.2) is 42.7 Å². The molecular weight excluding hydrogens is 344 g/mol. The Morgan fingerprint density at radius 1 is 0.963 bits per heavy atom. The van der Waals surface area contributed by atoms with E-state index in [1.54, 1.807) is 0 Å². The Morgan fingerprint density at radius 2 is 1.78 bits per heavy atom. The van der Waals surface area contributed by atoms with Gasteiger partial charge in [-0.05, 0) is 49.2 Å². The number of nitrogens with one attached hydrogen (secondary N) is 1. The molecule has 4 rings (SSSR count). The SMILES string of the molecule is Cc1ccc(Oc2ncnc(Nc3ccc4c(c3)OCCO4)c2N)cc1C. The minimum atomic E-state index is 0.299. The molecule has 0 amide bonds. The van der Waals surface area contributed by atoms with E-state index in [9.17, 15) is 0 Å². The van der Waals surface area contributed by atoms with Crippen molar-refractivity contribution >= 4 is 17.2 Å². The van der Waals surface area contributed by atoms with Gasteiger partial charge in [0.05, 0.1) is 0 Å². The van der Waals surface area contributed by atoms with Crippen molar-refractivity contribution in [2.24, 2.45) is 0 Å². The normalized spacial score (nSPS) is 12.5. The molecular formula is C20H20N4O3. The standard InChI is InChI=1S/C20H20N4O3/c1-12-3-5-15(9-13(12)2)27-20-18(21)19(22-11-23-20)24-14-4-6-16-17(10-14)26-8-7-25-16/h3-6,9-11H,7-8,21H2,1-2H3,(H,22,23,24). The highest BCUT2D eigenvalue weighted by Gasteiger charge is 2.14. The highest BCUT2D eigenvalue weighted by molar-refractivity contribution is 5.73. The van der Waals surface area contributed by atoms with Crippen molar-refractivity contribution in [1.82, 2.24) is 9.97 Å². The van der Waals surface area contributed by atoms with Gasteiger partial charge in [-0.2, -0.15) is 4.98 Å². The lowest BCUT2D eigenvalue weighted by Gasteiger charge is -2.19. The summed E-state index contributed by atoms with van der Waals surface area (Å²) in [6.45, 7) is 5.16. The van der Waals surface area contributed by atoms with E-state index in [0.29, 0.717) is 42.1 Å². The third-order valence-electron chi connectivity index (χ3n) is 4.35. The largest absolute Gasteiger partial charge is 0.486 e. The van der Waals surface area contributed by atoms with E-state index >= 15 is 0 Å². The van der Waals surface area contributed by atoms with Gasteiger partial charge >= 0.3 is 0 Å². The summed E-state index contributed by atoms with van der Waals surface area (Å²) in [6, 6.07) is 11.4. The summed E-state index contributed by atoms with van der Waals surface area (Å²) in [7, 11) is 0. The first-order valence-electron chi connectivity index (χ1n) is 8.62. The van der Waals surface area contributed by atoms with Crippen molar-refractivity contribution in [1.29, 1.82) is 0 Å². The average Bonchev–Trinajstić information content (AvgIpc) is 2.68. The summed E-state index contributed by atoms with van der Waals surface area (Å²) >= 11 is 0. The van der Waals surface area contributed by atoms with Gasteiger partial charge in [0.15, 0.2) is 17.3 Å². The van der Waals surface area contributed by atoms with E-state index in [1.165, 1.54) is 11.9 Å². The third kappa shape index (κ3) is 3.57. The van der Waals surface area contributed by atoms with Crippen LogP contribution in [0.3, 0.4) is 0 Å². The van der Waals surface area contributed by atoms with Crippen LogP contribution in [-0.4, -0.2) is 23.2 Å². The molecule has 2 aromatic carbocycles. The molecule has 27 heavy (non-hydrogen) atoms. The second-order valence-corrected chi connectivity index (χ2v) is 6.27. The van der Waals surface area contributed by atoms with Crippen molar-refractivity contribution in [3.63, 3.8) is 0 Å². The molecule has 3 N–H and O–H groups in total. The molecule has 0 atom stereocenters. The molecule has 0 saturated carbocycles. The number of nitrogens with two attached hydrogens (primary N) is 1. The van der Waals surface area contributed by atoms with Gasteiger partial charge in [0, 0.05) is 11.8 Å². The van der Waals surface area contributed by atoms with Gasteiger partial charge in [0.25, 0.3) is 0 Å². The molecule has 0 spiro atoms. The molecule has 1 aliphatic heterocycles. The van der Waals surface area contributed by atoms with Crippen LogP contribution in [-0.2, 0) is 0 Å². The van der Waals surface area contributed by atoms with Crippen molar-refractivity contribution in [3.05, 3.63) is 53.9 Å². The van der Waals surface area contributed by atoms with Gasteiger partial charge in [-0.1, -0.05) is 6.07 Å². The predicted molar refractivity (Wildman–Crippen MR) is 103 cm³/mol. The Labute approximate surface area is 157 Å². The van der Waals surface area contributed by atoms with Crippen LogP contribution in [0.5, 0.6) is 23.1 Å². The maximum atomic E-state index is 6.22. The molecule has 0 unspecified atom stereocenters. The molecule has 0 aliphatic carbocycles. The van der Waals surface area contributed by atoms with E-state index in [1.807, 2.05) is 50.2 Å². The van der Waals surface area contributed by atoms with E-state index in [4.69, 9.17) is 19.9 Å². The summed E-state index contributed by atoms with van der Waals surface area (Å²) in [5.41, 5.74) is 9.65. The van der Waals surface area contributed by atoms with Crippen molar-refractivity contribution in [3.8, 4) is 23.1 Å². The minimum Gasteiger partial charge on any atom is -0.486 e. The smallest absolute Gasteiger partial charge is 0.248 e. The number of hydrogen-bond acceptors (Lipinski definition) is 7. The number of aromatic nitrogens is 2. The third-order valence-corrected chi connectivity index (χ3v) is 4.35. The quantitative estimate of drug-likeness (QED) is 0.723. The fourth-order valence-electron chi connectivity index (χ4n) is 2.71. The molecule has 0 bridgehead atoms. The van der Waals surface area contributed by atoms with Crippen molar-refractivity contribution < 1.29 is 14.2 Å². The fourth-order valence-corrected chi connectivity index (χ4v) is 2.71. The fraction of sp³-hybridized carbons (Fsp3) is 0.200. The first-order valence-corrected chi connectivity index (χ1v) is 8.62. The number of nitrogens with zero attached hydrogens (tertiary/aromatic N) is 2. The number of benzene rings is 2. The van der Waals surface area contributed by atoms with Crippen LogP contribution in [0, 0.1) is 13.8 Å². The summed E-state index contributed by atoms with van der Waals surface area (Å²) in [6.07, 6.45) is 1.41. The van der Waals surface area contributed by atoms with E-state index in [-0.39, 0.29) is 0 Å². The molecule has 0 fully saturated rings. The van der Waals surface area contributed by atoms with Gasteiger partial charge in [-0.15, -0.1) is 0 Å². The summed E-state index contributed by atoms with van der Waals surface area (Å²) in [5.74, 6) is 2.84. The zero-order chi connectivity index (χ0) is 18.8. The molecule has 2 heterocycles. The molecule has 3 aromatic rings. The summed E-state index contributed by atoms with van der Waals surface area (Å²) < 4.78 is 17.0. The topological polar surface area (TPSA) is 91.5 Å². The number of rotatable bonds is 4. The summed E-state index contributed by atoms with van der Waals surface area (Å²) in [5, 5.41) is 3.18. The lowest BCUT2D eigenvalue weighted by molar-refractivity contribution is 0.171. The van der Waals surface area contributed by atoms with Gasteiger partial charge in [0.2, 0.25) is 5.88 Å². The van der Waals surface area contributed by atoms with E-state index < -0.39 is 0 Å². The maximum absolute atomic E-state index is 6.22. The number of aryl methyl sites for hydroxylation is 2. The molecule has 0 saturated heterocycles. The molecule has 1 aromatic heterocycles. The predicted octanol–water partition coefficient (Wildman–Crippen LogP) is 3.98. The van der Waals surface area contributed by atoms with Crippen LogP contribution in [0.2, 0.25) is 0 Å². The Bertz CT molecular complexity index is 991. The number of fused-ring (bicyclic) bond motifs is 1. The maximum Gasteiger partial charge on any atom is 0.248 e. The van der Waals surface area contributed by atoms with Crippen LogP contribution in [0.4, 0.5) is 17.2 Å². The van der Waals surface area contributed by atoms with E-state index in [0.717, 1.165) is 17.0 Å². The Balaban J connectivity index is 1.57. The molecule has 7 heteroatoms. The zero-order valence-electron chi connectivity index (χ0n) is 15.2. The number of anilines is 3. The zero-order valence-corrected chi connectivity index (χ0v) is 15.2. The van der Waals surface area contributed by atoms with Gasteiger partial charge < -0.3 is 25.3 Å². The number of ether oxygens (including phenoxy) is 3. The van der Waals surface area contributed by atoms with Crippen LogP contribution in [0.25, 0.3) is 0 Å². The van der Waals surface area contributed by atoms with E-state index in [2.05, 4.69) is 15.3 Å². The summed E-state index contributed by atoms with van der Waals surface area (Å²) in [4.78, 5) is 8.38. The lowest BCUT2D eigenvalue weighted by Crippen LogP contribution is -2.15. The Kier molecular flexibility index (Phi) is 4.42. The monoisotopic (exact) mass is 364 g/mol. The second-order valence-electron chi connectivity index (χ2n) is 6.27. The molecule has 7 nitrogen and oxygen atoms in total. The van der Waals surface area contributed by atoms with Gasteiger partial charge in [-0.3, -0.25) is 0 Å². The Morgan fingerprint density at radius 3 is 2.59 bits per heavy atom. The number of hydrogen-bond donors (Lipinski definition) is 2. The van der Waals surface area contributed by atoms with Crippen LogP contribution >= 0.6 is 0 Å². The van der Waals surface area contributed by atoms with Crippen LogP contribution in [0.1, 0.15) is 11.1 Å². The average molecular weight is 364 g/mol. The van der Waals surface area contributed by atoms with Gasteiger partial charge in [-0.25, -0.2) is 4.98 Å².